The summed E-state index contributed by atoms with van der Waals surface area (Å²) in [6.45, 7) is 3.04. The fraction of sp³-hybridized carbons (Fsp3) is 0.417. The van der Waals surface area contributed by atoms with Crippen molar-refractivity contribution in [3.63, 3.8) is 0 Å². The molecule has 1 aromatic rings. The van der Waals surface area contributed by atoms with Gasteiger partial charge in [-0.3, -0.25) is 0 Å². The lowest BCUT2D eigenvalue weighted by Gasteiger charge is -2.15. The summed E-state index contributed by atoms with van der Waals surface area (Å²) in [5, 5.41) is 8.61. The van der Waals surface area contributed by atoms with Gasteiger partial charge in [0.2, 0.25) is 5.67 Å². The molecule has 1 rings (SSSR count). The summed E-state index contributed by atoms with van der Waals surface area (Å²) >= 11 is 0. The molecular weight excluding hydrogens is 195 g/mol. The number of rotatable bonds is 4. The first-order valence-corrected chi connectivity index (χ1v) is 4.90. The highest BCUT2D eigenvalue weighted by molar-refractivity contribution is 5.76. The van der Waals surface area contributed by atoms with Gasteiger partial charge in [0.1, 0.15) is 0 Å². The van der Waals surface area contributed by atoms with E-state index in [9.17, 15) is 9.18 Å². The highest BCUT2D eigenvalue weighted by Crippen LogP contribution is 2.20. The molecule has 3 heteroatoms. The molecule has 0 bridgehead atoms. The summed E-state index contributed by atoms with van der Waals surface area (Å²) in [5.41, 5.74) is -0.0660. The predicted octanol–water partition coefficient (Wildman–Crippen LogP) is 2.74. The first kappa shape index (κ1) is 11.7. The Labute approximate surface area is 88.7 Å². The smallest absolute Gasteiger partial charge is 0.341 e. The molecule has 1 aromatic carbocycles. The standard InChI is InChI=1S/C12H15FO2/c1-9-5-3-4-6-10(9)7-8-12(2,13)11(14)15/h3-6H,7-8H2,1-2H3,(H,14,15). The molecule has 0 aliphatic rings. The zero-order valence-corrected chi connectivity index (χ0v) is 8.96. The highest BCUT2D eigenvalue weighted by Gasteiger charge is 2.32. The van der Waals surface area contributed by atoms with Crippen LogP contribution in [0.4, 0.5) is 4.39 Å². The third kappa shape index (κ3) is 3.05. The third-order valence-corrected chi connectivity index (χ3v) is 2.57. The monoisotopic (exact) mass is 210 g/mol. The molecule has 2 nitrogen and oxygen atoms in total. The molecule has 0 saturated heterocycles. The summed E-state index contributed by atoms with van der Waals surface area (Å²) in [6.07, 6.45) is 0.458. The minimum atomic E-state index is -2.14. The lowest BCUT2D eigenvalue weighted by Crippen LogP contribution is -2.30. The van der Waals surface area contributed by atoms with Gasteiger partial charge in [-0.15, -0.1) is 0 Å². The van der Waals surface area contributed by atoms with Gasteiger partial charge < -0.3 is 5.11 Å². The van der Waals surface area contributed by atoms with Crippen molar-refractivity contribution in [2.75, 3.05) is 0 Å². The van der Waals surface area contributed by atoms with E-state index in [1.165, 1.54) is 0 Å². The quantitative estimate of drug-likeness (QED) is 0.829. The second-order valence-electron chi connectivity index (χ2n) is 3.93. The SMILES string of the molecule is Cc1ccccc1CCC(C)(F)C(=O)O. The molecule has 0 aromatic heterocycles. The van der Waals surface area contributed by atoms with Crippen LogP contribution in [0.1, 0.15) is 24.5 Å². The number of hydrogen-bond donors (Lipinski definition) is 1. The van der Waals surface area contributed by atoms with Crippen molar-refractivity contribution in [2.45, 2.75) is 32.4 Å². The number of carboxylic acid groups (broad SMARTS) is 1. The Morgan fingerprint density at radius 2 is 2.07 bits per heavy atom. The summed E-state index contributed by atoms with van der Waals surface area (Å²) in [7, 11) is 0. The highest BCUT2D eigenvalue weighted by atomic mass is 19.1. The van der Waals surface area contributed by atoms with Crippen LogP contribution in [0.25, 0.3) is 0 Å². The summed E-state index contributed by atoms with van der Waals surface area (Å²) in [6, 6.07) is 7.61. The van der Waals surface area contributed by atoms with Gasteiger partial charge >= 0.3 is 5.97 Å². The maximum absolute atomic E-state index is 13.4. The Bertz CT molecular complexity index is 358. The van der Waals surface area contributed by atoms with Crippen LogP contribution in [0.15, 0.2) is 24.3 Å². The molecule has 0 spiro atoms. The number of aliphatic carboxylic acids is 1. The van der Waals surface area contributed by atoms with Crippen molar-refractivity contribution in [1.29, 1.82) is 0 Å². The largest absolute Gasteiger partial charge is 0.479 e. The van der Waals surface area contributed by atoms with Gasteiger partial charge in [0.05, 0.1) is 0 Å². The molecule has 0 heterocycles. The van der Waals surface area contributed by atoms with Crippen molar-refractivity contribution < 1.29 is 14.3 Å². The maximum Gasteiger partial charge on any atom is 0.341 e. The van der Waals surface area contributed by atoms with Gasteiger partial charge in [0.15, 0.2) is 0 Å². The Morgan fingerprint density at radius 1 is 1.47 bits per heavy atom. The second kappa shape index (κ2) is 4.43. The molecule has 82 valence electrons. The van der Waals surface area contributed by atoms with E-state index < -0.39 is 11.6 Å². The summed E-state index contributed by atoms with van der Waals surface area (Å²) in [5.74, 6) is -1.39. The van der Waals surface area contributed by atoms with Gasteiger partial charge in [0, 0.05) is 0 Å². The molecule has 1 unspecified atom stereocenters. The minimum Gasteiger partial charge on any atom is -0.479 e. The normalized spacial score (nSPS) is 14.6. The molecule has 0 saturated carbocycles. The van der Waals surface area contributed by atoms with Crippen LogP contribution in [0, 0.1) is 6.92 Å². The Morgan fingerprint density at radius 3 is 2.60 bits per heavy atom. The van der Waals surface area contributed by atoms with Gasteiger partial charge in [-0.05, 0) is 37.8 Å². The molecule has 1 N–H and O–H groups in total. The summed E-state index contributed by atoms with van der Waals surface area (Å²) < 4.78 is 13.4. The van der Waals surface area contributed by atoms with Crippen molar-refractivity contribution in [1.82, 2.24) is 0 Å². The zero-order valence-electron chi connectivity index (χ0n) is 8.96. The molecular formula is C12H15FO2. The van der Waals surface area contributed by atoms with E-state index >= 15 is 0 Å². The van der Waals surface area contributed by atoms with Crippen molar-refractivity contribution in [2.24, 2.45) is 0 Å². The molecule has 1 atom stereocenters. The molecule has 0 amide bonds. The lowest BCUT2D eigenvalue weighted by atomic mass is 9.96. The van der Waals surface area contributed by atoms with E-state index in [4.69, 9.17) is 5.11 Å². The fourth-order valence-electron chi connectivity index (χ4n) is 1.37. The summed E-state index contributed by atoms with van der Waals surface area (Å²) in [4.78, 5) is 10.6. The van der Waals surface area contributed by atoms with Crippen molar-refractivity contribution >= 4 is 5.97 Å². The Kier molecular flexibility index (Phi) is 3.45. The van der Waals surface area contributed by atoms with Crippen LogP contribution in [0.5, 0.6) is 0 Å². The van der Waals surface area contributed by atoms with Gasteiger partial charge in [-0.1, -0.05) is 24.3 Å². The lowest BCUT2D eigenvalue weighted by molar-refractivity contribution is -0.150. The average molecular weight is 210 g/mol. The number of alkyl halides is 1. The third-order valence-electron chi connectivity index (χ3n) is 2.57. The molecule has 15 heavy (non-hydrogen) atoms. The maximum atomic E-state index is 13.4. The topological polar surface area (TPSA) is 37.3 Å². The average Bonchev–Trinajstić information content (AvgIpc) is 2.16. The zero-order chi connectivity index (χ0) is 11.5. The predicted molar refractivity (Wildman–Crippen MR) is 56.6 cm³/mol. The first-order chi connectivity index (χ1) is 6.93. The van der Waals surface area contributed by atoms with E-state index in [0.717, 1.165) is 18.1 Å². The minimum absolute atomic E-state index is 0.00713. The molecule has 0 fully saturated rings. The van der Waals surface area contributed by atoms with Crippen LogP contribution in [0.2, 0.25) is 0 Å². The number of carbonyl (C=O) groups is 1. The van der Waals surface area contributed by atoms with Crippen LogP contribution in [0.3, 0.4) is 0 Å². The Balaban J connectivity index is 2.66. The number of hydrogen-bond acceptors (Lipinski definition) is 1. The number of halogens is 1. The molecule has 0 aliphatic carbocycles. The van der Waals surface area contributed by atoms with Gasteiger partial charge in [-0.2, -0.15) is 0 Å². The van der Waals surface area contributed by atoms with Crippen LogP contribution in [-0.4, -0.2) is 16.7 Å². The Hall–Kier alpha value is -1.38. The number of benzene rings is 1. The number of aryl methyl sites for hydroxylation is 2. The van der Waals surface area contributed by atoms with E-state index in [1.54, 1.807) is 0 Å². The molecule has 0 radical (unpaired) electrons. The fourth-order valence-corrected chi connectivity index (χ4v) is 1.37. The first-order valence-electron chi connectivity index (χ1n) is 4.90. The number of carboxylic acids is 1. The second-order valence-corrected chi connectivity index (χ2v) is 3.93. The van der Waals surface area contributed by atoms with Crippen LogP contribution in [-0.2, 0) is 11.2 Å². The van der Waals surface area contributed by atoms with Gasteiger partial charge in [-0.25, -0.2) is 9.18 Å². The van der Waals surface area contributed by atoms with E-state index in [0.29, 0.717) is 6.42 Å². The van der Waals surface area contributed by atoms with E-state index in [-0.39, 0.29) is 6.42 Å². The van der Waals surface area contributed by atoms with E-state index in [2.05, 4.69) is 0 Å². The van der Waals surface area contributed by atoms with E-state index in [1.807, 2.05) is 31.2 Å². The van der Waals surface area contributed by atoms with Crippen molar-refractivity contribution in [3.8, 4) is 0 Å². The van der Waals surface area contributed by atoms with Gasteiger partial charge in [0.25, 0.3) is 0 Å². The van der Waals surface area contributed by atoms with Crippen molar-refractivity contribution in [3.05, 3.63) is 35.4 Å². The molecule has 0 aliphatic heterocycles. The van der Waals surface area contributed by atoms with Crippen LogP contribution >= 0.6 is 0 Å². The van der Waals surface area contributed by atoms with Crippen LogP contribution < -0.4 is 0 Å².